The molecule has 0 aliphatic carbocycles. The summed E-state index contributed by atoms with van der Waals surface area (Å²) >= 11 is 0. The van der Waals surface area contributed by atoms with Gasteiger partial charge in [0.25, 0.3) is 0 Å². The highest BCUT2D eigenvalue weighted by molar-refractivity contribution is 5.37. The average Bonchev–Trinajstić information content (AvgIpc) is 2.91. The lowest BCUT2D eigenvalue weighted by Gasteiger charge is -2.31. The molecule has 2 aromatic rings. The molecule has 0 unspecified atom stereocenters. The van der Waals surface area contributed by atoms with Crippen LogP contribution in [0.15, 0.2) is 60.7 Å². The number of benzene rings is 2. The quantitative estimate of drug-likeness (QED) is 0.402. The summed E-state index contributed by atoms with van der Waals surface area (Å²) in [7, 11) is 2.32. The lowest BCUT2D eigenvalue weighted by Crippen LogP contribution is -3.00. The average molecular weight is 475 g/mol. The van der Waals surface area contributed by atoms with Gasteiger partial charge in [0, 0.05) is 6.42 Å². The third kappa shape index (κ3) is 5.81. The number of aliphatic hydroxyl groups is 1. The molecule has 3 heteroatoms. The van der Waals surface area contributed by atoms with Gasteiger partial charge in [0.05, 0.1) is 20.1 Å². The van der Waals surface area contributed by atoms with Crippen molar-refractivity contribution in [3.8, 4) is 11.8 Å². The molecule has 0 aromatic heterocycles. The van der Waals surface area contributed by atoms with Crippen molar-refractivity contribution in [2.75, 3.05) is 26.7 Å². The molecule has 1 heterocycles. The highest BCUT2D eigenvalue weighted by Gasteiger charge is 2.30. The van der Waals surface area contributed by atoms with E-state index in [0.29, 0.717) is 6.42 Å². The fourth-order valence-corrected chi connectivity index (χ4v) is 3.85. The predicted octanol–water partition coefficient (Wildman–Crippen LogP) is 1.34. The summed E-state index contributed by atoms with van der Waals surface area (Å²) in [5.74, 6) is 6.68. The van der Waals surface area contributed by atoms with E-state index >= 15 is 0 Å². The van der Waals surface area contributed by atoms with E-state index < -0.39 is 5.60 Å². The molecule has 0 atom stereocenters. The van der Waals surface area contributed by atoms with Gasteiger partial charge < -0.3 is 33.6 Å². The molecule has 144 valence electrons. The van der Waals surface area contributed by atoms with Crippen molar-refractivity contribution in [1.29, 1.82) is 0 Å². The molecule has 3 rings (SSSR count). The summed E-state index contributed by atoms with van der Waals surface area (Å²) < 4.78 is 1.04. The van der Waals surface area contributed by atoms with Crippen LogP contribution in [0, 0.1) is 11.8 Å². The predicted molar refractivity (Wildman–Crippen MR) is 108 cm³/mol. The van der Waals surface area contributed by atoms with Gasteiger partial charge in [-0.15, -0.1) is 0 Å². The molecular weight excluding hydrogens is 445 g/mol. The van der Waals surface area contributed by atoms with E-state index in [2.05, 4.69) is 18.9 Å². The summed E-state index contributed by atoms with van der Waals surface area (Å²) in [4.78, 5) is 0. The van der Waals surface area contributed by atoms with Crippen molar-refractivity contribution in [2.24, 2.45) is 0 Å². The number of hydrogen-bond donors (Lipinski definition) is 1. The summed E-state index contributed by atoms with van der Waals surface area (Å²) in [5, 5.41) is 11.5. The number of hydrogen-bond acceptors (Lipinski definition) is 1. The van der Waals surface area contributed by atoms with Gasteiger partial charge in [-0.3, -0.25) is 0 Å². The molecule has 1 saturated heterocycles. The molecule has 0 spiro atoms. The molecule has 0 amide bonds. The number of likely N-dealkylation sites (tertiary alicyclic amines) is 1. The van der Waals surface area contributed by atoms with Crippen LogP contribution in [0.2, 0.25) is 0 Å². The van der Waals surface area contributed by atoms with Crippen molar-refractivity contribution < 1.29 is 33.6 Å². The van der Waals surface area contributed by atoms with Gasteiger partial charge in [-0.1, -0.05) is 66.6 Å². The third-order valence-corrected chi connectivity index (χ3v) is 5.58. The Balaban J connectivity index is 0.00000261. The van der Waals surface area contributed by atoms with E-state index in [1.165, 1.54) is 38.8 Å². The Kier molecular flexibility index (Phi) is 8.34. The van der Waals surface area contributed by atoms with Crippen molar-refractivity contribution in [3.05, 3.63) is 71.8 Å². The first-order valence-electron chi connectivity index (χ1n) is 9.75. The van der Waals surface area contributed by atoms with Gasteiger partial charge in [0.1, 0.15) is 12.1 Å². The lowest BCUT2D eigenvalue weighted by atomic mass is 9.84. The molecule has 2 nitrogen and oxygen atoms in total. The zero-order chi connectivity index (χ0) is 18.3. The van der Waals surface area contributed by atoms with Crippen molar-refractivity contribution in [1.82, 2.24) is 0 Å². The standard InChI is InChI=1S/C24H30NO.HI/c1-25(19-11-2-3-12-20-25)21-13-10-18-24(26,22-14-6-4-7-15-22)23-16-8-5-9-17-23;/h4-9,14-17,26H,2-3,11-12,18-21H2,1H3;1H/q+1;/p-1. The number of nitrogens with zero attached hydrogens (tertiary/aromatic N) is 1. The Morgan fingerprint density at radius 2 is 1.30 bits per heavy atom. The van der Waals surface area contributed by atoms with Crippen molar-refractivity contribution in [3.63, 3.8) is 0 Å². The molecule has 27 heavy (non-hydrogen) atoms. The molecular formula is C24H30INO. The maximum atomic E-state index is 11.5. The molecule has 0 radical (unpaired) electrons. The van der Waals surface area contributed by atoms with Crippen LogP contribution in [0.25, 0.3) is 0 Å². The van der Waals surface area contributed by atoms with Crippen LogP contribution < -0.4 is 24.0 Å². The second-order valence-corrected chi connectivity index (χ2v) is 7.76. The molecule has 1 aliphatic rings. The first-order chi connectivity index (χ1) is 12.6. The Hall–Kier alpha value is -1.35. The van der Waals surface area contributed by atoms with E-state index in [0.717, 1.165) is 22.2 Å². The normalized spacial score (nSPS) is 16.4. The van der Waals surface area contributed by atoms with Crippen LogP contribution in [0.4, 0.5) is 0 Å². The summed E-state index contributed by atoms with van der Waals surface area (Å²) in [6.07, 6.45) is 5.72. The van der Waals surface area contributed by atoms with Crippen LogP contribution >= 0.6 is 0 Å². The van der Waals surface area contributed by atoms with E-state index in [1.807, 2.05) is 60.7 Å². The molecule has 1 aliphatic heterocycles. The zero-order valence-electron chi connectivity index (χ0n) is 16.2. The van der Waals surface area contributed by atoms with E-state index in [-0.39, 0.29) is 24.0 Å². The highest BCUT2D eigenvalue weighted by atomic mass is 127. The van der Waals surface area contributed by atoms with Gasteiger partial charge >= 0.3 is 0 Å². The Labute approximate surface area is 181 Å². The van der Waals surface area contributed by atoms with Gasteiger partial charge in [0.15, 0.2) is 0 Å². The first-order valence-corrected chi connectivity index (χ1v) is 9.75. The van der Waals surface area contributed by atoms with Crippen molar-refractivity contribution in [2.45, 2.75) is 37.7 Å². The molecule has 1 N–H and O–H groups in total. The fraction of sp³-hybridized carbons (Fsp3) is 0.417. The number of halogens is 1. The minimum absolute atomic E-state index is 0. The molecule has 1 fully saturated rings. The summed E-state index contributed by atoms with van der Waals surface area (Å²) in [6.45, 7) is 3.31. The van der Waals surface area contributed by atoms with Crippen LogP contribution in [-0.2, 0) is 5.60 Å². The Morgan fingerprint density at radius 1 is 0.815 bits per heavy atom. The number of rotatable bonds is 4. The van der Waals surface area contributed by atoms with Crippen LogP contribution in [0.1, 0.15) is 43.2 Å². The van der Waals surface area contributed by atoms with Crippen LogP contribution in [-0.4, -0.2) is 36.3 Å². The maximum Gasteiger partial charge on any atom is 0.140 e. The zero-order valence-corrected chi connectivity index (χ0v) is 18.4. The smallest absolute Gasteiger partial charge is 0.140 e. The Bertz CT molecular complexity index is 701. The van der Waals surface area contributed by atoms with Gasteiger partial charge in [-0.2, -0.15) is 0 Å². The lowest BCUT2D eigenvalue weighted by molar-refractivity contribution is -0.901. The number of quaternary nitrogens is 1. The second kappa shape index (κ2) is 10.3. The van der Waals surface area contributed by atoms with Crippen molar-refractivity contribution >= 4 is 0 Å². The fourth-order valence-electron chi connectivity index (χ4n) is 3.85. The third-order valence-electron chi connectivity index (χ3n) is 5.58. The molecule has 2 aromatic carbocycles. The molecule has 0 saturated carbocycles. The topological polar surface area (TPSA) is 20.2 Å². The molecule has 0 bridgehead atoms. The van der Waals surface area contributed by atoms with Gasteiger partial charge in [-0.05, 0) is 42.7 Å². The summed E-state index contributed by atoms with van der Waals surface area (Å²) in [6, 6.07) is 19.8. The highest BCUT2D eigenvalue weighted by Crippen LogP contribution is 2.32. The first kappa shape index (κ1) is 21.9. The second-order valence-electron chi connectivity index (χ2n) is 7.76. The van der Waals surface area contributed by atoms with Gasteiger partial charge in [0.2, 0.25) is 0 Å². The Morgan fingerprint density at radius 3 is 1.78 bits per heavy atom. The van der Waals surface area contributed by atoms with Gasteiger partial charge in [-0.25, -0.2) is 0 Å². The van der Waals surface area contributed by atoms with Crippen LogP contribution in [0.5, 0.6) is 0 Å². The SMILES string of the molecule is C[N+]1(CC#CCC(O)(c2ccccc2)c2ccccc2)CCCCCC1.[I-]. The largest absolute Gasteiger partial charge is 1.00 e. The minimum Gasteiger partial charge on any atom is -1.00 e. The van der Waals surface area contributed by atoms with Crippen LogP contribution in [0.3, 0.4) is 0 Å². The van der Waals surface area contributed by atoms with E-state index in [1.54, 1.807) is 0 Å². The monoisotopic (exact) mass is 475 g/mol. The van der Waals surface area contributed by atoms with E-state index in [9.17, 15) is 5.11 Å². The van der Waals surface area contributed by atoms with E-state index in [4.69, 9.17) is 0 Å². The minimum atomic E-state index is -1.06. The summed E-state index contributed by atoms with van der Waals surface area (Å²) in [5.41, 5.74) is 0.735. The maximum absolute atomic E-state index is 11.5.